The van der Waals surface area contributed by atoms with Gasteiger partial charge in [-0.1, -0.05) is 17.7 Å². The number of ether oxygens (including phenoxy) is 1. The van der Waals surface area contributed by atoms with E-state index < -0.39 is 5.97 Å². The Morgan fingerprint density at radius 3 is 2.82 bits per heavy atom. The third-order valence-electron chi connectivity index (χ3n) is 2.40. The Labute approximate surface area is 101 Å². The van der Waals surface area contributed by atoms with Gasteiger partial charge in [-0.25, -0.2) is 4.79 Å². The van der Waals surface area contributed by atoms with Crippen LogP contribution in [0.4, 0.5) is 0 Å². The predicted octanol–water partition coefficient (Wildman–Crippen LogP) is 2.51. The molecule has 4 heteroatoms. The van der Waals surface area contributed by atoms with Gasteiger partial charge in [0.2, 0.25) is 0 Å². The van der Waals surface area contributed by atoms with Crippen LogP contribution in [0.2, 0.25) is 0 Å². The molecular weight excluding hydrogens is 220 g/mol. The molecule has 94 valence electrons. The van der Waals surface area contributed by atoms with Crippen LogP contribution in [0.25, 0.3) is 0 Å². The summed E-state index contributed by atoms with van der Waals surface area (Å²) >= 11 is 0. The molecule has 1 atom stereocenters. The lowest BCUT2D eigenvalue weighted by Crippen LogP contribution is -2.12. The summed E-state index contributed by atoms with van der Waals surface area (Å²) in [7, 11) is 1.63. The fourth-order valence-corrected chi connectivity index (χ4v) is 1.25. The van der Waals surface area contributed by atoms with E-state index in [1.54, 1.807) is 25.3 Å². The molecule has 0 aromatic heterocycles. The van der Waals surface area contributed by atoms with E-state index in [4.69, 9.17) is 9.62 Å². The molecule has 0 radical (unpaired) electrons. The molecule has 0 fully saturated rings. The SMILES string of the molecule is COC(C)CCOOC(=O)c1cccc(C)c1. The summed E-state index contributed by atoms with van der Waals surface area (Å²) in [5.41, 5.74) is 1.50. The molecular formula is C13H18O4. The van der Waals surface area contributed by atoms with E-state index in [1.807, 2.05) is 19.9 Å². The second-order valence-electron chi connectivity index (χ2n) is 3.90. The van der Waals surface area contributed by atoms with Gasteiger partial charge in [0.05, 0.1) is 18.3 Å². The molecule has 0 amide bonds. The van der Waals surface area contributed by atoms with Gasteiger partial charge in [0.1, 0.15) is 0 Å². The lowest BCUT2D eigenvalue weighted by molar-refractivity contribution is -0.244. The Morgan fingerprint density at radius 1 is 1.41 bits per heavy atom. The summed E-state index contributed by atoms with van der Waals surface area (Å²) in [5.74, 6) is -0.473. The Balaban J connectivity index is 2.30. The quantitative estimate of drug-likeness (QED) is 0.434. The first-order chi connectivity index (χ1) is 8.13. The molecule has 0 saturated heterocycles. The van der Waals surface area contributed by atoms with Gasteiger partial charge in [-0.2, -0.15) is 4.89 Å². The van der Waals surface area contributed by atoms with Crippen LogP contribution in [0.5, 0.6) is 0 Å². The van der Waals surface area contributed by atoms with Crippen LogP contribution < -0.4 is 0 Å². The molecule has 0 aliphatic carbocycles. The largest absolute Gasteiger partial charge is 0.382 e. The molecule has 1 unspecified atom stereocenters. The smallest absolute Gasteiger partial charge is 0.373 e. The Bertz CT molecular complexity index is 362. The summed E-state index contributed by atoms with van der Waals surface area (Å²) in [6.07, 6.45) is 0.769. The molecule has 17 heavy (non-hydrogen) atoms. The average molecular weight is 238 g/mol. The molecule has 0 spiro atoms. The van der Waals surface area contributed by atoms with Gasteiger partial charge in [0, 0.05) is 13.5 Å². The van der Waals surface area contributed by atoms with Crippen LogP contribution in [0.3, 0.4) is 0 Å². The first kappa shape index (κ1) is 13.7. The normalized spacial score (nSPS) is 12.2. The Hall–Kier alpha value is -1.39. The van der Waals surface area contributed by atoms with Crippen LogP contribution in [0.1, 0.15) is 29.3 Å². The van der Waals surface area contributed by atoms with E-state index in [1.165, 1.54) is 0 Å². The van der Waals surface area contributed by atoms with Gasteiger partial charge >= 0.3 is 5.97 Å². The standard InChI is InChI=1S/C13H18O4/c1-10-5-4-6-12(9-10)13(14)17-16-8-7-11(2)15-3/h4-6,9,11H,7-8H2,1-3H3. The van der Waals surface area contributed by atoms with E-state index in [2.05, 4.69) is 4.89 Å². The topological polar surface area (TPSA) is 44.8 Å². The summed E-state index contributed by atoms with van der Waals surface area (Å²) in [6.45, 7) is 4.16. The number of carbonyl (C=O) groups is 1. The summed E-state index contributed by atoms with van der Waals surface area (Å²) in [6, 6.07) is 7.16. The summed E-state index contributed by atoms with van der Waals surface area (Å²) in [4.78, 5) is 21.0. The molecule has 1 aromatic rings. The van der Waals surface area contributed by atoms with Gasteiger partial charge < -0.3 is 4.74 Å². The highest BCUT2D eigenvalue weighted by Crippen LogP contribution is 2.06. The van der Waals surface area contributed by atoms with E-state index in [0.29, 0.717) is 18.6 Å². The van der Waals surface area contributed by atoms with Crippen molar-refractivity contribution in [2.75, 3.05) is 13.7 Å². The minimum Gasteiger partial charge on any atom is -0.382 e. The first-order valence-electron chi connectivity index (χ1n) is 5.56. The predicted molar refractivity (Wildman–Crippen MR) is 63.6 cm³/mol. The van der Waals surface area contributed by atoms with Crippen LogP contribution in [-0.4, -0.2) is 25.8 Å². The number of aryl methyl sites for hydroxylation is 1. The van der Waals surface area contributed by atoms with E-state index >= 15 is 0 Å². The van der Waals surface area contributed by atoms with Crippen LogP contribution in [0.15, 0.2) is 24.3 Å². The van der Waals surface area contributed by atoms with Gasteiger partial charge in [0.25, 0.3) is 0 Å². The van der Waals surface area contributed by atoms with Gasteiger partial charge in [-0.15, -0.1) is 0 Å². The van der Waals surface area contributed by atoms with Crippen molar-refractivity contribution < 1.29 is 19.3 Å². The molecule has 0 heterocycles. The maximum atomic E-state index is 11.5. The van der Waals surface area contributed by atoms with Crippen molar-refractivity contribution in [2.24, 2.45) is 0 Å². The zero-order chi connectivity index (χ0) is 12.7. The molecule has 0 aliphatic heterocycles. The number of hydrogen-bond donors (Lipinski definition) is 0. The number of methoxy groups -OCH3 is 1. The Kier molecular flexibility index (Phi) is 5.66. The van der Waals surface area contributed by atoms with Crippen molar-refractivity contribution in [3.63, 3.8) is 0 Å². The van der Waals surface area contributed by atoms with Gasteiger partial charge in [-0.05, 0) is 26.0 Å². The molecule has 4 nitrogen and oxygen atoms in total. The van der Waals surface area contributed by atoms with Crippen molar-refractivity contribution in [3.05, 3.63) is 35.4 Å². The molecule has 0 N–H and O–H groups in total. The van der Waals surface area contributed by atoms with E-state index in [0.717, 1.165) is 5.56 Å². The average Bonchev–Trinajstić information content (AvgIpc) is 2.34. The van der Waals surface area contributed by atoms with E-state index in [9.17, 15) is 4.79 Å². The highest BCUT2D eigenvalue weighted by Gasteiger charge is 2.08. The third kappa shape index (κ3) is 4.97. The van der Waals surface area contributed by atoms with Gasteiger partial charge in [-0.3, -0.25) is 4.89 Å². The monoisotopic (exact) mass is 238 g/mol. The van der Waals surface area contributed by atoms with Crippen LogP contribution in [-0.2, 0) is 14.5 Å². The number of rotatable bonds is 6. The number of carbonyl (C=O) groups excluding carboxylic acids is 1. The second-order valence-corrected chi connectivity index (χ2v) is 3.90. The second kappa shape index (κ2) is 7.04. The number of benzene rings is 1. The number of hydrogen-bond acceptors (Lipinski definition) is 4. The zero-order valence-corrected chi connectivity index (χ0v) is 10.4. The minimum atomic E-state index is -0.473. The lowest BCUT2D eigenvalue weighted by atomic mass is 10.1. The van der Waals surface area contributed by atoms with Crippen molar-refractivity contribution in [2.45, 2.75) is 26.4 Å². The Morgan fingerprint density at radius 2 is 2.18 bits per heavy atom. The minimum absolute atomic E-state index is 0.0904. The summed E-state index contributed by atoms with van der Waals surface area (Å²) in [5, 5.41) is 0. The van der Waals surface area contributed by atoms with Crippen molar-refractivity contribution in [1.29, 1.82) is 0 Å². The van der Waals surface area contributed by atoms with Crippen LogP contribution >= 0.6 is 0 Å². The first-order valence-corrected chi connectivity index (χ1v) is 5.56. The van der Waals surface area contributed by atoms with E-state index in [-0.39, 0.29) is 6.10 Å². The fraction of sp³-hybridized carbons (Fsp3) is 0.462. The van der Waals surface area contributed by atoms with Gasteiger partial charge in [0.15, 0.2) is 0 Å². The van der Waals surface area contributed by atoms with Crippen molar-refractivity contribution in [3.8, 4) is 0 Å². The highest BCUT2D eigenvalue weighted by atomic mass is 17.2. The van der Waals surface area contributed by atoms with Crippen LogP contribution in [0, 0.1) is 6.92 Å². The molecule has 0 bridgehead atoms. The third-order valence-corrected chi connectivity index (χ3v) is 2.40. The maximum Gasteiger partial charge on any atom is 0.373 e. The fourth-order valence-electron chi connectivity index (χ4n) is 1.25. The summed E-state index contributed by atoms with van der Waals surface area (Å²) < 4.78 is 5.04. The zero-order valence-electron chi connectivity index (χ0n) is 10.4. The molecule has 1 aromatic carbocycles. The molecule has 0 saturated carbocycles. The van der Waals surface area contributed by atoms with Crippen molar-refractivity contribution >= 4 is 5.97 Å². The highest BCUT2D eigenvalue weighted by molar-refractivity contribution is 5.89. The molecule has 0 aliphatic rings. The maximum absolute atomic E-state index is 11.5. The molecule has 1 rings (SSSR count). The lowest BCUT2D eigenvalue weighted by Gasteiger charge is -2.08. The van der Waals surface area contributed by atoms with Crippen molar-refractivity contribution in [1.82, 2.24) is 0 Å².